The number of ether oxygens (including phenoxy) is 1. The van der Waals surface area contributed by atoms with E-state index in [0.717, 1.165) is 0 Å². The van der Waals surface area contributed by atoms with E-state index in [2.05, 4.69) is 4.98 Å². The number of nitrogens with zero attached hydrogens (tertiary/aromatic N) is 3. The zero-order valence-corrected chi connectivity index (χ0v) is 9.29. The Morgan fingerprint density at radius 3 is 2.56 bits per heavy atom. The predicted molar refractivity (Wildman–Crippen MR) is 64.6 cm³/mol. The molecule has 0 fully saturated rings. The molecule has 0 unspecified atom stereocenters. The van der Waals surface area contributed by atoms with Gasteiger partial charge in [0.2, 0.25) is 5.88 Å². The van der Waals surface area contributed by atoms with Crippen molar-refractivity contribution >= 4 is 5.69 Å². The second-order valence-electron chi connectivity index (χ2n) is 3.47. The Balaban J connectivity index is 2.29. The summed E-state index contributed by atoms with van der Waals surface area (Å²) in [6.45, 7) is 0. The number of benzene rings is 1. The molecular formula is C13H8N4O. The highest BCUT2D eigenvalue weighted by atomic mass is 16.5. The second kappa shape index (κ2) is 4.86. The number of nitrogen functional groups attached to an aromatic ring is 1. The zero-order valence-electron chi connectivity index (χ0n) is 9.29. The van der Waals surface area contributed by atoms with E-state index in [0.29, 0.717) is 28.4 Å². The molecule has 2 rings (SSSR count). The minimum atomic E-state index is 0.315. The van der Waals surface area contributed by atoms with Crippen LogP contribution in [0.2, 0.25) is 0 Å². The zero-order chi connectivity index (χ0) is 13.0. The van der Waals surface area contributed by atoms with Crippen molar-refractivity contribution in [1.82, 2.24) is 4.98 Å². The van der Waals surface area contributed by atoms with E-state index < -0.39 is 0 Å². The molecule has 86 valence electrons. The minimum absolute atomic E-state index is 0.315. The van der Waals surface area contributed by atoms with Crippen LogP contribution in [0.4, 0.5) is 5.69 Å². The van der Waals surface area contributed by atoms with Gasteiger partial charge in [-0.3, -0.25) is 0 Å². The third-order valence-corrected chi connectivity index (χ3v) is 2.20. The smallest absolute Gasteiger partial charge is 0.219 e. The summed E-state index contributed by atoms with van der Waals surface area (Å²) in [5.41, 5.74) is 6.85. The number of nitrogens with two attached hydrogens (primary N) is 1. The van der Waals surface area contributed by atoms with E-state index in [-0.39, 0.29) is 0 Å². The summed E-state index contributed by atoms with van der Waals surface area (Å²) in [6, 6.07) is 11.9. The van der Waals surface area contributed by atoms with Crippen molar-refractivity contribution in [3.05, 3.63) is 47.7 Å². The van der Waals surface area contributed by atoms with Gasteiger partial charge in [-0.05, 0) is 24.3 Å². The molecule has 2 aromatic rings. The Labute approximate surface area is 104 Å². The van der Waals surface area contributed by atoms with Crippen molar-refractivity contribution in [2.75, 3.05) is 5.73 Å². The van der Waals surface area contributed by atoms with Crippen LogP contribution in [0.15, 0.2) is 36.5 Å². The SMILES string of the molecule is N#Cc1ccc(Oc2ccc(N)cc2C#N)nc1. The predicted octanol–water partition coefficient (Wildman–Crippen LogP) is 2.20. The van der Waals surface area contributed by atoms with Gasteiger partial charge in [0.1, 0.15) is 17.9 Å². The largest absolute Gasteiger partial charge is 0.438 e. The number of aromatic nitrogens is 1. The van der Waals surface area contributed by atoms with Gasteiger partial charge in [-0.2, -0.15) is 10.5 Å². The normalized spacial score (nSPS) is 9.22. The third kappa shape index (κ3) is 2.37. The average molecular weight is 236 g/mol. The topological polar surface area (TPSA) is 95.7 Å². The molecule has 0 saturated carbocycles. The fourth-order valence-electron chi connectivity index (χ4n) is 1.34. The van der Waals surface area contributed by atoms with Gasteiger partial charge in [0.15, 0.2) is 0 Å². The molecule has 0 aliphatic rings. The van der Waals surface area contributed by atoms with Crippen LogP contribution < -0.4 is 10.5 Å². The van der Waals surface area contributed by atoms with Crippen LogP contribution in [0.25, 0.3) is 0 Å². The van der Waals surface area contributed by atoms with Crippen molar-refractivity contribution in [2.24, 2.45) is 0 Å². The molecule has 2 N–H and O–H groups in total. The Kier molecular flexibility index (Phi) is 3.08. The molecule has 5 heteroatoms. The van der Waals surface area contributed by atoms with Gasteiger partial charge in [0, 0.05) is 18.0 Å². The van der Waals surface area contributed by atoms with Gasteiger partial charge >= 0.3 is 0 Å². The van der Waals surface area contributed by atoms with E-state index in [1.54, 1.807) is 24.3 Å². The second-order valence-corrected chi connectivity index (χ2v) is 3.47. The van der Waals surface area contributed by atoms with Crippen LogP contribution in [0, 0.1) is 22.7 Å². The first kappa shape index (κ1) is 11.4. The first-order valence-electron chi connectivity index (χ1n) is 5.06. The number of anilines is 1. The highest BCUT2D eigenvalue weighted by Gasteiger charge is 2.06. The molecule has 0 saturated heterocycles. The van der Waals surface area contributed by atoms with Crippen molar-refractivity contribution in [1.29, 1.82) is 10.5 Å². The molecule has 0 aliphatic carbocycles. The quantitative estimate of drug-likeness (QED) is 0.806. The molecule has 0 radical (unpaired) electrons. The molecule has 1 aromatic heterocycles. The van der Waals surface area contributed by atoms with E-state index in [1.807, 2.05) is 12.1 Å². The molecule has 5 nitrogen and oxygen atoms in total. The number of rotatable bonds is 2. The highest BCUT2D eigenvalue weighted by molar-refractivity contribution is 5.53. The lowest BCUT2D eigenvalue weighted by Crippen LogP contribution is -1.93. The summed E-state index contributed by atoms with van der Waals surface area (Å²) in [5, 5.41) is 17.6. The van der Waals surface area contributed by atoms with Crippen LogP contribution in [-0.4, -0.2) is 4.98 Å². The first-order valence-corrected chi connectivity index (χ1v) is 5.06. The maximum absolute atomic E-state index is 8.95. The highest BCUT2D eigenvalue weighted by Crippen LogP contribution is 2.25. The Morgan fingerprint density at radius 2 is 1.94 bits per heavy atom. The number of hydrogen-bond donors (Lipinski definition) is 1. The van der Waals surface area contributed by atoms with Crippen LogP contribution in [0.1, 0.15) is 11.1 Å². The van der Waals surface area contributed by atoms with E-state index in [1.165, 1.54) is 12.3 Å². The van der Waals surface area contributed by atoms with E-state index in [4.69, 9.17) is 21.0 Å². The van der Waals surface area contributed by atoms with Gasteiger partial charge in [-0.15, -0.1) is 0 Å². The maximum Gasteiger partial charge on any atom is 0.219 e. The summed E-state index contributed by atoms with van der Waals surface area (Å²) in [4.78, 5) is 3.96. The number of pyridine rings is 1. The molecule has 18 heavy (non-hydrogen) atoms. The minimum Gasteiger partial charge on any atom is -0.438 e. The fourth-order valence-corrected chi connectivity index (χ4v) is 1.34. The monoisotopic (exact) mass is 236 g/mol. The standard InChI is InChI=1S/C13H8N4O/c14-6-9-1-4-13(17-8-9)18-12-3-2-11(16)5-10(12)7-15/h1-5,8H,16H2. The van der Waals surface area contributed by atoms with Crippen molar-refractivity contribution in [3.63, 3.8) is 0 Å². The van der Waals surface area contributed by atoms with Gasteiger partial charge in [-0.25, -0.2) is 4.98 Å². The summed E-state index contributed by atoms with van der Waals surface area (Å²) < 4.78 is 5.46. The lowest BCUT2D eigenvalue weighted by atomic mass is 10.2. The van der Waals surface area contributed by atoms with Crippen molar-refractivity contribution < 1.29 is 4.74 Å². The summed E-state index contributed by atoms with van der Waals surface area (Å²) in [7, 11) is 0. The van der Waals surface area contributed by atoms with Gasteiger partial charge in [0.25, 0.3) is 0 Å². The number of nitriles is 2. The van der Waals surface area contributed by atoms with Crippen LogP contribution in [-0.2, 0) is 0 Å². The molecule has 0 spiro atoms. The molecule has 1 heterocycles. The van der Waals surface area contributed by atoms with Crippen molar-refractivity contribution in [3.8, 4) is 23.8 Å². The summed E-state index contributed by atoms with van der Waals surface area (Å²) >= 11 is 0. The lowest BCUT2D eigenvalue weighted by Gasteiger charge is -2.06. The molecule has 0 bridgehead atoms. The van der Waals surface area contributed by atoms with Crippen LogP contribution >= 0.6 is 0 Å². The fraction of sp³-hybridized carbons (Fsp3) is 0. The van der Waals surface area contributed by atoms with Gasteiger partial charge in [-0.1, -0.05) is 0 Å². The first-order chi connectivity index (χ1) is 8.72. The summed E-state index contributed by atoms with van der Waals surface area (Å²) in [6.07, 6.45) is 1.40. The number of hydrogen-bond acceptors (Lipinski definition) is 5. The van der Waals surface area contributed by atoms with E-state index in [9.17, 15) is 0 Å². The van der Waals surface area contributed by atoms with Gasteiger partial charge < -0.3 is 10.5 Å². The Hall–Kier alpha value is -3.05. The van der Waals surface area contributed by atoms with Crippen LogP contribution in [0.5, 0.6) is 11.6 Å². The van der Waals surface area contributed by atoms with Gasteiger partial charge in [0.05, 0.1) is 11.1 Å². The lowest BCUT2D eigenvalue weighted by molar-refractivity contribution is 0.461. The van der Waals surface area contributed by atoms with Crippen LogP contribution in [0.3, 0.4) is 0 Å². The molecule has 0 amide bonds. The molecule has 0 aliphatic heterocycles. The summed E-state index contributed by atoms with van der Waals surface area (Å²) in [5.74, 6) is 0.694. The average Bonchev–Trinajstić information content (AvgIpc) is 2.41. The van der Waals surface area contributed by atoms with Crippen molar-refractivity contribution in [2.45, 2.75) is 0 Å². The maximum atomic E-state index is 8.95. The molecule has 0 atom stereocenters. The molecular weight excluding hydrogens is 228 g/mol. The Bertz CT molecular complexity index is 650. The molecule has 1 aromatic carbocycles. The third-order valence-electron chi connectivity index (χ3n) is 2.20. The Morgan fingerprint density at radius 1 is 1.11 bits per heavy atom. The van der Waals surface area contributed by atoms with E-state index >= 15 is 0 Å².